The number of hydrogen-bond acceptors (Lipinski definition) is 7. The molecule has 0 aromatic carbocycles. The molecule has 1 aliphatic rings. The fourth-order valence-electron chi connectivity index (χ4n) is 3.16. The Morgan fingerprint density at radius 2 is 2.12 bits per heavy atom. The second-order valence-corrected chi connectivity index (χ2v) is 6.86. The molecule has 132 valence electrons. The third-order valence-corrected chi connectivity index (χ3v) is 4.68. The van der Waals surface area contributed by atoms with Gasteiger partial charge in [-0.2, -0.15) is 15.1 Å². The van der Waals surface area contributed by atoms with Gasteiger partial charge < -0.3 is 9.42 Å². The number of rotatable bonds is 4. The summed E-state index contributed by atoms with van der Waals surface area (Å²) < 4.78 is 5.35. The molecule has 9 heteroatoms. The van der Waals surface area contributed by atoms with Crippen LogP contribution in [-0.4, -0.2) is 43.4 Å². The maximum absolute atomic E-state index is 12.1. The minimum absolute atomic E-state index is 0.164. The molecule has 3 aromatic heterocycles. The SMILES string of the molecule is CC(C)c1noc(CC2CCN(c3nc4[nH]ncc4c(=O)[nH]3)CC2)n1. The van der Waals surface area contributed by atoms with Crippen LogP contribution in [-0.2, 0) is 6.42 Å². The van der Waals surface area contributed by atoms with Gasteiger partial charge in [0.1, 0.15) is 5.39 Å². The maximum Gasteiger partial charge on any atom is 0.263 e. The van der Waals surface area contributed by atoms with Crippen molar-refractivity contribution in [2.45, 2.75) is 39.0 Å². The average Bonchev–Trinajstić information content (AvgIpc) is 3.25. The number of nitrogens with zero attached hydrogens (tertiary/aromatic N) is 5. The quantitative estimate of drug-likeness (QED) is 0.739. The summed E-state index contributed by atoms with van der Waals surface area (Å²) in [5, 5.41) is 11.1. The number of aromatic nitrogens is 6. The van der Waals surface area contributed by atoms with Crippen molar-refractivity contribution in [2.75, 3.05) is 18.0 Å². The summed E-state index contributed by atoms with van der Waals surface area (Å²) >= 11 is 0. The highest BCUT2D eigenvalue weighted by Crippen LogP contribution is 2.24. The van der Waals surface area contributed by atoms with Crippen molar-refractivity contribution < 1.29 is 4.52 Å². The minimum Gasteiger partial charge on any atom is -0.342 e. The van der Waals surface area contributed by atoms with Crippen LogP contribution in [0.2, 0.25) is 0 Å². The van der Waals surface area contributed by atoms with Gasteiger partial charge in [0.25, 0.3) is 5.56 Å². The van der Waals surface area contributed by atoms with Gasteiger partial charge in [-0.25, -0.2) is 0 Å². The predicted octanol–water partition coefficient (Wildman–Crippen LogP) is 1.61. The lowest BCUT2D eigenvalue weighted by atomic mass is 9.94. The van der Waals surface area contributed by atoms with Crippen LogP contribution in [0, 0.1) is 5.92 Å². The van der Waals surface area contributed by atoms with E-state index in [0.29, 0.717) is 28.8 Å². The van der Waals surface area contributed by atoms with E-state index in [1.807, 2.05) is 0 Å². The molecule has 4 heterocycles. The number of hydrogen-bond donors (Lipinski definition) is 2. The Labute approximate surface area is 143 Å². The minimum atomic E-state index is -0.164. The summed E-state index contributed by atoms with van der Waals surface area (Å²) in [7, 11) is 0. The molecule has 0 spiro atoms. The van der Waals surface area contributed by atoms with Crippen LogP contribution in [0.1, 0.15) is 44.3 Å². The Morgan fingerprint density at radius 1 is 1.32 bits per heavy atom. The van der Waals surface area contributed by atoms with Crippen molar-refractivity contribution in [1.29, 1.82) is 0 Å². The van der Waals surface area contributed by atoms with Gasteiger partial charge in [-0.15, -0.1) is 0 Å². The van der Waals surface area contributed by atoms with E-state index in [2.05, 4.69) is 49.1 Å². The van der Waals surface area contributed by atoms with Crippen molar-refractivity contribution in [3.05, 3.63) is 28.3 Å². The van der Waals surface area contributed by atoms with Crippen LogP contribution < -0.4 is 10.5 Å². The monoisotopic (exact) mass is 343 g/mol. The second-order valence-electron chi connectivity index (χ2n) is 6.86. The third-order valence-electron chi connectivity index (χ3n) is 4.68. The first-order valence-corrected chi connectivity index (χ1v) is 8.61. The topological polar surface area (TPSA) is 117 Å². The van der Waals surface area contributed by atoms with E-state index >= 15 is 0 Å². The Bertz CT molecular complexity index is 918. The molecule has 1 aliphatic heterocycles. The lowest BCUT2D eigenvalue weighted by molar-refractivity contribution is 0.321. The molecule has 0 bridgehead atoms. The standard InChI is InChI=1S/C16H21N7O2/c1-9(2)13-18-12(25-22-13)7-10-3-5-23(6-4-10)16-19-14-11(8-17-21-14)15(24)20-16/h8-10H,3-7H2,1-2H3,(H2,17,19,20,21,24). The number of piperidine rings is 1. The van der Waals surface area contributed by atoms with Crippen molar-refractivity contribution in [2.24, 2.45) is 5.92 Å². The van der Waals surface area contributed by atoms with E-state index in [1.54, 1.807) is 0 Å². The first kappa shape index (κ1) is 15.8. The lowest BCUT2D eigenvalue weighted by Crippen LogP contribution is -2.36. The Kier molecular flexibility index (Phi) is 3.98. The number of nitrogens with one attached hydrogen (secondary N) is 2. The molecule has 25 heavy (non-hydrogen) atoms. The molecule has 2 N–H and O–H groups in total. The van der Waals surface area contributed by atoms with Gasteiger partial charge in [0.2, 0.25) is 11.8 Å². The van der Waals surface area contributed by atoms with Crippen LogP contribution in [0.3, 0.4) is 0 Å². The van der Waals surface area contributed by atoms with Gasteiger partial charge in [-0.1, -0.05) is 19.0 Å². The van der Waals surface area contributed by atoms with Crippen LogP contribution in [0.4, 0.5) is 5.95 Å². The Morgan fingerprint density at radius 3 is 2.84 bits per heavy atom. The molecule has 0 saturated carbocycles. The number of anilines is 1. The zero-order valence-corrected chi connectivity index (χ0v) is 14.3. The van der Waals surface area contributed by atoms with Crippen molar-refractivity contribution in [3.8, 4) is 0 Å². The average molecular weight is 343 g/mol. The molecule has 1 saturated heterocycles. The molecule has 3 aromatic rings. The zero-order valence-electron chi connectivity index (χ0n) is 14.3. The molecule has 9 nitrogen and oxygen atoms in total. The smallest absolute Gasteiger partial charge is 0.263 e. The van der Waals surface area contributed by atoms with Gasteiger partial charge in [0.05, 0.1) is 6.20 Å². The van der Waals surface area contributed by atoms with Crippen LogP contribution in [0.25, 0.3) is 11.0 Å². The molecule has 0 aliphatic carbocycles. The van der Waals surface area contributed by atoms with E-state index < -0.39 is 0 Å². The summed E-state index contributed by atoms with van der Waals surface area (Å²) in [4.78, 5) is 25.9. The third kappa shape index (κ3) is 3.13. The zero-order chi connectivity index (χ0) is 17.4. The number of aromatic amines is 2. The fourth-order valence-corrected chi connectivity index (χ4v) is 3.16. The molecule has 0 unspecified atom stereocenters. The van der Waals surface area contributed by atoms with Gasteiger partial charge in [-0.3, -0.25) is 14.9 Å². The first-order valence-electron chi connectivity index (χ1n) is 8.61. The Balaban J connectivity index is 1.41. The highest BCUT2D eigenvalue weighted by Gasteiger charge is 2.23. The second kappa shape index (κ2) is 6.30. The van der Waals surface area contributed by atoms with E-state index in [0.717, 1.165) is 38.2 Å². The molecule has 0 atom stereocenters. The number of fused-ring (bicyclic) bond motifs is 1. The van der Waals surface area contributed by atoms with Crippen molar-refractivity contribution in [3.63, 3.8) is 0 Å². The molecule has 0 amide bonds. The van der Waals surface area contributed by atoms with E-state index in [4.69, 9.17) is 4.52 Å². The van der Waals surface area contributed by atoms with Gasteiger partial charge in [-0.05, 0) is 18.8 Å². The Hall–Kier alpha value is -2.71. The molecule has 1 fully saturated rings. The lowest BCUT2D eigenvalue weighted by Gasteiger charge is -2.31. The van der Waals surface area contributed by atoms with Crippen LogP contribution in [0.15, 0.2) is 15.5 Å². The molecule has 4 rings (SSSR count). The van der Waals surface area contributed by atoms with Crippen LogP contribution >= 0.6 is 0 Å². The highest BCUT2D eigenvalue weighted by molar-refractivity contribution is 5.73. The summed E-state index contributed by atoms with van der Waals surface area (Å²) in [6.45, 7) is 5.77. The molecule has 0 radical (unpaired) electrons. The largest absolute Gasteiger partial charge is 0.342 e. The van der Waals surface area contributed by atoms with Crippen molar-refractivity contribution in [1.82, 2.24) is 30.3 Å². The highest BCUT2D eigenvalue weighted by atomic mass is 16.5. The molecular weight excluding hydrogens is 322 g/mol. The number of H-pyrrole nitrogens is 2. The van der Waals surface area contributed by atoms with Crippen molar-refractivity contribution >= 4 is 17.0 Å². The van der Waals surface area contributed by atoms with Gasteiger partial charge in [0, 0.05) is 25.4 Å². The van der Waals surface area contributed by atoms with Crippen LogP contribution in [0.5, 0.6) is 0 Å². The summed E-state index contributed by atoms with van der Waals surface area (Å²) in [6.07, 6.45) is 4.28. The van der Waals surface area contributed by atoms with Gasteiger partial charge >= 0.3 is 0 Å². The summed E-state index contributed by atoms with van der Waals surface area (Å²) in [5.41, 5.74) is 0.357. The van der Waals surface area contributed by atoms with E-state index in [9.17, 15) is 4.79 Å². The normalized spacial score (nSPS) is 16.2. The maximum atomic E-state index is 12.1. The van der Waals surface area contributed by atoms with E-state index in [1.165, 1.54) is 6.20 Å². The van der Waals surface area contributed by atoms with E-state index in [-0.39, 0.29) is 11.5 Å². The fraction of sp³-hybridized carbons (Fsp3) is 0.562. The summed E-state index contributed by atoms with van der Waals surface area (Å²) in [6, 6.07) is 0. The molecular formula is C16H21N7O2. The summed E-state index contributed by atoms with van der Waals surface area (Å²) in [5.74, 6) is 2.86. The first-order chi connectivity index (χ1) is 12.1. The van der Waals surface area contributed by atoms with Gasteiger partial charge in [0.15, 0.2) is 11.5 Å². The predicted molar refractivity (Wildman–Crippen MR) is 91.5 cm³/mol.